The Kier molecular flexibility index (Phi) is 6.39. The van der Waals surface area contributed by atoms with E-state index < -0.39 is 0 Å². The zero-order chi connectivity index (χ0) is 36.3. The number of benzene rings is 8. The topological polar surface area (TPSA) is 16.4 Å². The van der Waals surface area contributed by atoms with Crippen LogP contribution in [0.2, 0.25) is 0 Å². The second-order valence-electron chi connectivity index (χ2n) is 16.2. The Morgan fingerprint density at radius 3 is 1.72 bits per heavy atom. The van der Waals surface area contributed by atoms with Crippen molar-refractivity contribution >= 4 is 49.8 Å². The van der Waals surface area contributed by atoms with E-state index in [0.29, 0.717) is 0 Å². The lowest BCUT2D eigenvalue weighted by atomic mass is 9.79. The summed E-state index contributed by atoms with van der Waals surface area (Å²) >= 11 is 0. The fraction of sp³-hybridized carbons (Fsp3) is 0.115. The normalized spacial score (nSPS) is 14.6. The number of para-hydroxylation sites is 2. The van der Waals surface area contributed by atoms with Gasteiger partial charge in [0.2, 0.25) is 0 Å². The van der Waals surface area contributed by atoms with Crippen LogP contribution in [0.4, 0.5) is 17.1 Å². The van der Waals surface area contributed by atoms with Crippen LogP contribution in [-0.4, -0.2) is 0 Å². The minimum absolute atomic E-state index is 0.0927. The van der Waals surface area contributed by atoms with Crippen molar-refractivity contribution in [3.05, 3.63) is 186 Å². The van der Waals surface area contributed by atoms with Gasteiger partial charge in [-0.3, -0.25) is 0 Å². The van der Waals surface area contributed by atoms with Gasteiger partial charge in [0, 0.05) is 33.0 Å². The van der Waals surface area contributed by atoms with Gasteiger partial charge < -0.3 is 9.32 Å². The molecule has 0 bridgehead atoms. The summed E-state index contributed by atoms with van der Waals surface area (Å²) in [4.78, 5) is 2.38. The highest BCUT2D eigenvalue weighted by Crippen LogP contribution is 2.57. The summed E-state index contributed by atoms with van der Waals surface area (Å²) in [7, 11) is 0. The van der Waals surface area contributed by atoms with Crippen molar-refractivity contribution in [3.63, 3.8) is 0 Å². The molecule has 0 saturated heterocycles. The molecule has 2 aliphatic carbocycles. The summed E-state index contributed by atoms with van der Waals surface area (Å²) in [5.74, 6) is 0. The molecule has 0 radical (unpaired) electrons. The van der Waals surface area contributed by atoms with E-state index in [2.05, 4.69) is 190 Å². The summed E-state index contributed by atoms with van der Waals surface area (Å²) in [6, 6.07) is 60.1. The Labute approximate surface area is 315 Å². The second kappa shape index (κ2) is 11.1. The van der Waals surface area contributed by atoms with Gasteiger partial charge in [-0.1, -0.05) is 131 Å². The molecule has 0 amide bonds. The van der Waals surface area contributed by atoms with Gasteiger partial charge in [0.25, 0.3) is 0 Å². The number of hydrogen-bond donors (Lipinski definition) is 0. The van der Waals surface area contributed by atoms with Crippen LogP contribution in [0.1, 0.15) is 49.9 Å². The first-order chi connectivity index (χ1) is 26.3. The molecule has 2 aliphatic rings. The molecule has 2 nitrogen and oxygen atoms in total. The van der Waals surface area contributed by atoms with Gasteiger partial charge in [-0.25, -0.2) is 0 Å². The molecule has 0 fully saturated rings. The molecule has 0 spiro atoms. The van der Waals surface area contributed by atoms with Gasteiger partial charge in [0.15, 0.2) is 5.58 Å². The van der Waals surface area contributed by atoms with Crippen LogP contribution in [0.15, 0.2) is 168 Å². The zero-order valence-corrected chi connectivity index (χ0v) is 30.9. The fourth-order valence-corrected chi connectivity index (χ4v) is 9.54. The Balaban J connectivity index is 1.08. The maximum atomic E-state index is 6.66. The molecule has 0 aliphatic heterocycles. The minimum Gasteiger partial charge on any atom is -0.454 e. The van der Waals surface area contributed by atoms with Crippen LogP contribution in [0.3, 0.4) is 0 Å². The van der Waals surface area contributed by atoms with E-state index in [-0.39, 0.29) is 10.8 Å². The molecule has 1 heterocycles. The fourth-order valence-electron chi connectivity index (χ4n) is 9.54. The highest BCUT2D eigenvalue weighted by atomic mass is 16.3. The average Bonchev–Trinajstić information content (AvgIpc) is 3.77. The van der Waals surface area contributed by atoms with Crippen molar-refractivity contribution < 1.29 is 4.42 Å². The highest BCUT2D eigenvalue weighted by molar-refractivity contribution is 6.10. The number of nitrogens with zero attached hydrogens (tertiary/aromatic N) is 1. The third-order valence-electron chi connectivity index (χ3n) is 12.4. The Morgan fingerprint density at radius 1 is 0.407 bits per heavy atom. The Morgan fingerprint density at radius 2 is 0.963 bits per heavy atom. The molecule has 8 aromatic carbocycles. The van der Waals surface area contributed by atoms with Crippen molar-refractivity contribution in [2.45, 2.75) is 38.5 Å². The van der Waals surface area contributed by atoms with Gasteiger partial charge >= 0.3 is 0 Å². The van der Waals surface area contributed by atoms with Gasteiger partial charge in [0.1, 0.15) is 5.58 Å². The molecular formula is C52H39NO. The zero-order valence-electron chi connectivity index (χ0n) is 30.9. The molecule has 0 unspecified atom stereocenters. The number of hydrogen-bond acceptors (Lipinski definition) is 2. The van der Waals surface area contributed by atoms with Gasteiger partial charge in [-0.05, 0) is 127 Å². The van der Waals surface area contributed by atoms with Crippen LogP contribution >= 0.6 is 0 Å². The third kappa shape index (κ3) is 4.34. The lowest BCUT2D eigenvalue weighted by Gasteiger charge is -2.28. The molecule has 9 aromatic rings. The largest absolute Gasteiger partial charge is 0.454 e. The molecule has 0 N–H and O–H groups in total. The second-order valence-corrected chi connectivity index (χ2v) is 16.2. The third-order valence-corrected chi connectivity index (χ3v) is 12.4. The molecule has 258 valence electrons. The predicted octanol–water partition coefficient (Wildman–Crippen LogP) is 14.5. The van der Waals surface area contributed by atoms with E-state index in [1.165, 1.54) is 66.4 Å². The summed E-state index contributed by atoms with van der Waals surface area (Å²) in [6.07, 6.45) is 0. The molecule has 0 atom stereocenters. The Bertz CT molecular complexity index is 2980. The van der Waals surface area contributed by atoms with Crippen molar-refractivity contribution in [1.29, 1.82) is 0 Å². The summed E-state index contributed by atoms with van der Waals surface area (Å²) in [6.45, 7) is 9.58. The SMILES string of the molecule is CC1(C)c2cc(N(c3ccc(-c4ccccc4)cc3)c3cccc4c3oc3ccccc34)ccc2-c2cc3c(cc21)-c1cc2ccccc2cc1C3(C)C. The van der Waals surface area contributed by atoms with Gasteiger partial charge in [0.05, 0.1) is 5.69 Å². The molecule has 0 saturated carbocycles. The van der Waals surface area contributed by atoms with E-state index in [1.807, 2.05) is 6.07 Å². The number of rotatable bonds is 4. The standard InChI is InChI=1S/C52H39NO/c1-51(2)44-28-35-16-9-8-15-34(35)27-41(44)43-31-46-42(30-47(43)51)38-26-25-37(29-45(38)52(46,3)4)53(36-23-21-33(22-24-36)32-13-6-5-7-14-32)48-19-12-18-40-39-17-10-11-20-49(39)54-50(40)48/h5-31H,1-4H3. The van der Waals surface area contributed by atoms with Gasteiger partial charge in [-0.15, -0.1) is 0 Å². The average molecular weight is 694 g/mol. The van der Waals surface area contributed by atoms with Crippen molar-refractivity contribution in [2.24, 2.45) is 0 Å². The smallest absolute Gasteiger partial charge is 0.159 e. The van der Waals surface area contributed by atoms with Crippen molar-refractivity contribution in [2.75, 3.05) is 4.90 Å². The van der Waals surface area contributed by atoms with Crippen molar-refractivity contribution in [1.82, 2.24) is 0 Å². The van der Waals surface area contributed by atoms with Crippen LogP contribution in [0.5, 0.6) is 0 Å². The van der Waals surface area contributed by atoms with E-state index in [1.54, 1.807) is 0 Å². The van der Waals surface area contributed by atoms with E-state index in [9.17, 15) is 0 Å². The van der Waals surface area contributed by atoms with Crippen LogP contribution in [-0.2, 0) is 10.8 Å². The Hall–Kier alpha value is -6.38. The van der Waals surface area contributed by atoms with E-state index in [0.717, 1.165) is 39.0 Å². The minimum atomic E-state index is -0.201. The highest BCUT2D eigenvalue weighted by Gasteiger charge is 2.42. The van der Waals surface area contributed by atoms with Crippen molar-refractivity contribution in [3.8, 4) is 33.4 Å². The number of anilines is 3. The maximum absolute atomic E-state index is 6.66. The van der Waals surface area contributed by atoms with Crippen LogP contribution in [0.25, 0.3) is 66.1 Å². The molecular weight excluding hydrogens is 655 g/mol. The summed E-state index contributed by atoms with van der Waals surface area (Å²) in [5, 5.41) is 4.85. The first kappa shape index (κ1) is 31.2. The van der Waals surface area contributed by atoms with E-state index in [4.69, 9.17) is 4.42 Å². The first-order valence-corrected chi connectivity index (χ1v) is 19.0. The lowest BCUT2D eigenvalue weighted by molar-refractivity contribution is 0.652. The molecule has 54 heavy (non-hydrogen) atoms. The summed E-state index contributed by atoms with van der Waals surface area (Å²) in [5.41, 5.74) is 18.1. The summed E-state index contributed by atoms with van der Waals surface area (Å²) < 4.78 is 6.66. The van der Waals surface area contributed by atoms with E-state index >= 15 is 0 Å². The molecule has 11 rings (SSSR count). The maximum Gasteiger partial charge on any atom is 0.159 e. The number of fused-ring (bicyclic) bond motifs is 10. The first-order valence-electron chi connectivity index (χ1n) is 19.0. The van der Waals surface area contributed by atoms with Gasteiger partial charge in [-0.2, -0.15) is 0 Å². The molecule has 1 aromatic heterocycles. The predicted molar refractivity (Wildman–Crippen MR) is 226 cm³/mol. The number of furan rings is 1. The lowest BCUT2D eigenvalue weighted by Crippen LogP contribution is -2.17. The van der Waals surface area contributed by atoms with Crippen LogP contribution < -0.4 is 4.90 Å². The quantitative estimate of drug-likeness (QED) is 0.182. The van der Waals surface area contributed by atoms with Crippen LogP contribution in [0, 0.1) is 0 Å². The monoisotopic (exact) mass is 693 g/mol. The molecule has 2 heteroatoms.